The summed E-state index contributed by atoms with van der Waals surface area (Å²) in [7, 11) is 0. The lowest BCUT2D eigenvalue weighted by molar-refractivity contribution is -0.138. The van der Waals surface area contributed by atoms with Crippen LogP contribution in [0, 0.1) is 5.82 Å². The molecule has 0 saturated heterocycles. The summed E-state index contributed by atoms with van der Waals surface area (Å²) in [5.41, 5.74) is 2.01. The third-order valence-electron chi connectivity index (χ3n) is 3.73. The maximum atomic E-state index is 13.5. The van der Waals surface area contributed by atoms with Crippen molar-refractivity contribution >= 4 is 12.0 Å². The van der Waals surface area contributed by atoms with Gasteiger partial charge in [0.1, 0.15) is 24.8 Å². The number of hydrogen-bond acceptors (Lipinski definition) is 4. The van der Waals surface area contributed by atoms with Crippen LogP contribution in [0.4, 0.5) is 4.39 Å². The average molecular weight is 363 g/mol. The highest BCUT2D eigenvalue weighted by Crippen LogP contribution is 2.15. The predicted octanol–water partition coefficient (Wildman–Crippen LogP) is 4.56. The summed E-state index contributed by atoms with van der Waals surface area (Å²) >= 11 is 0. The molecule has 0 atom stereocenters. The third kappa shape index (κ3) is 5.78. The van der Waals surface area contributed by atoms with Crippen LogP contribution in [0.1, 0.15) is 16.8 Å². The molecule has 1 heterocycles. The van der Waals surface area contributed by atoms with E-state index in [1.54, 1.807) is 30.5 Å². The molecule has 1 aromatic heterocycles. The van der Waals surface area contributed by atoms with Crippen molar-refractivity contribution in [3.05, 3.63) is 102 Å². The number of aromatic nitrogens is 1. The summed E-state index contributed by atoms with van der Waals surface area (Å²) in [5.74, 6) is -0.218. The summed E-state index contributed by atoms with van der Waals surface area (Å²) in [6.45, 7) is 0.286. The van der Waals surface area contributed by atoms with Gasteiger partial charge in [-0.3, -0.25) is 4.98 Å². The lowest BCUT2D eigenvalue weighted by Gasteiger charge is -2.06. The van der Waals surface area contributed by atoms with E-state index in [0.717, 1.165) is 11.3 Å². The Morgan fingerprint density at radius 3 is 2.48 bits per heavy atom. The molecule has 0 N–H and O–H groups in total. The molecule has 0 fully saturated rings. The molecule has 27 heavy (non-hydrogen) atoms. The molecule has 0 amide bonds. The minimum atomic E-state index is -0.534. The van der Waals surface area contributed by atoms with Gasteiger partial charge in [-0.2, -0.15) is 0 Å². The van der Waals surface area contributed by atoms with Crippen molar-refractivity contribution in [3.8, 4) is 5.75 Å². The first kappa shape index (κ1) is 18.3. The van der Waals surface area contributed by atoms with E-state index in [0.29, 0.717) is 17.9 Å². The lowest BCUT2D eigenvalue weighted by atomic mass is 10.2. The van der Waals surface area contributed by atoms with E-state index in [1.165, 1.54) is 12.1 Å². The molecule has 3 rings (SSSR count). The molecule has 3 aromatic rings. The highest BCUT2D eigenvalue weighted by Gasteiger charge is 2.03. The number of carbonyl (C=O) groups is 1. The fourth-order valence-corrected chi connectivity index (χ4v) is 2.29. The van der Waals surface area contributed by atoms with Crippen molar-refractivity contribution < 1.29 is 18.7 Å². The molecule has 0 aliphatic rings. The average Bonchev–Trinajstić information content (AvgIpc) is 2.71. The topological polar surface area (TPSA) is 48.4 Å². The van der Waals surface area contributed by atoms with Crippen LogP contribution in [0.5, 0.6) is 5.75 Å². The van der Waals surface area contributed by atoms with Gasteiger partial charge in [-0.1, -0.05) is 36.4 Å². The maximum absolute atomic E-state index is 13.5. The van der Waals surface area contributed by atoms with Gasteiger partial charge < -0.3 is 9.47 Å². The monoisotopic (exact) mass is 363 g/mol. The SMILES string of the molecule is O=C(C=Cc1ccc(OCc2ccccn2)cc1)OCc1ccccc1F. The Morgan fingerprint density at radius 1 is 0.963 bits per heavy atom. The summed E-state index contributed by atoms with van der Waals surface area (Å²) in [4.78, 5) is 16.0. The molecule has 2 aromatic carbocycles. The van der Waals surface area contributed by atoms with Crippen molar-refractivity contribution in [2.24, 2.45) is 0 Å². The summed E-state index contributed by atoms with van der Waals surface area (Å²) < 4.78 is 24.2. The fourth-order valence-electron chi connectivity index (χ4n) is 2.29. The van der Waals surface area contributed by atoms with Gasteiger partial charge in [-0.25, -0.2) is 9.18 Å². The number of rotatable bonds is 7. The fraction of sp³-hybridized carbons (Fsp3) is 0.0909. The van der Waals surface area contributed by atoms with E-state index < -0.39 is 11.8 Å². The Hall–Kier alpha value is -3.47. The quantitative estimate of drug-likeness (QED) is 0.456. The van der Waals surface area contributed by atoms with Crippen LogP contribution in [0.3, 0.4) is 0 Å². The highest BCUT2D eigenvalue weighted by molar-refractivity contribution is 5.87. The van der Waals surface area contributed by atoms with Gasteiger partial charge in [0, 0.05) is 17.8 Å². The first-order chi connectivity index (χ1) is 13.2. The van der Waals surface area contributed by atoms with Crippen LogP contribution >= 0.6 is 0 Å². The summed E-state index contributed by atoms with van der Waals surface area (Å²) in [5, 5.41) is 0. The molecule has 0 spiro atoms. The largest absolute Gasteiger partial charge is 0.487 e. The standard InChI is InChI=1S/C22H18FNO3/c23-21-7-2-1-5-18(21)15-27-22(25)13-10-17-8-11-20(12-9-17)26-16-19-6-3-4-14-24-19/h1-14H,15-16H2. The number of hydrogen-bond donors (Lipinski definition) is 0. The molecular weight excluding hydrogens is 345 g/mol. The molecule has 4 nitrogen and oxygen atoms in total. The smallest absolute Gasteiger partial charge is 0.331 e. The number of pyridine rings is 1. The van der Waals surface area contributed by atoms with Crippen LogP contribution in [-0.2, 0) is 22.7 Å². The molecule has 0 unspecified atom stereocenters. The molecule has 5 heteroatoms. The van der Waals surface area contributed by atoms with Crippen molar-refractivity contribution in [1.29, 1.82) is 0 Å². The van der Waals surface area contributed by atoms with E-state index >= 15 is 0 Å². The number of nitrogens with zero attached hydrogens (tertiary/aromatic N) is 1. The van der Waals surface area contributed by atoms with Crippen LogP contribution < -0.4 is 4.74 Å². The van der Waals surface area contributed by atoms with E-state index in [-0.39, 0.29) is 6.61 Å². The number of carbonyl (C=O) groups excluding carboxylic acids is 1. The highest BCUT2D eigenvalue weighted by atomic mass is 19.1. The second kappa shape index (κ2) is 9.29. The van der Waals surface area contributed by atoms with Gasteiger partial charge in [0.2, 0.25) is 0 Å². The van der Waals surface area contributed by atoms with Gasteiger partial charge in [0.15, 0.2) is 0 Å². The van der Waals surface area contributed by atoms with E-state index in [9.17, 15) is 9.18 Å². The van der Waals surface area contributed by atoms with Gasteiger partial charge >= 0.3 is 5.97 Å². The van der Waals surface area contributed by atoms with Gasteiger partial charge in [0.05, 0.1) is 5.69 Å². The van der Waals surface area contributed by atoms with E-state index in [2.05, 4.69) is 4.98 Å². The Morgan fingerprint density at radius 2 is 1.74 bits per heavy atom. The first-order valence-corrected chi connectivity index (χ1v) is 8.42. The maximum Gasteiger partial charge on any atom is 0.331 e. The van der Waals surface area contributed by atoms with Crippen molar-refractivity contribution in [2.75, 3.05) is 0 Å². The zero-order valence-electron chi connectivity index (χ0n) is 14.5. The van der Waals surface area contributed by atoms with E-state index in [1.807, 2.05) is 42.5 Å². The number of halogens is 1. The minimum absolute atomic E-state index is 0.101. The van der Waals surface area contributed by atoms with Crippen molar-refractivity contribution in [1.82, 2.24) is 4.98 Å². The normalized spacial score (nSPS) is 10.7. The van der Waals surface area contributed by atoms with Gasteiger partial charge in [0.25, 0.3) is 0 Å². The summed E-state index contributed by atoms with van der Waals surface area (Å²) in [6, 6.07) is 19.1. The van der Waals surface area contributed by atoms with Crippen LogP contribution in [0.2, 0.25) is 0 Å². The Labute approximate surface area is 156 Å². The molecule has 0 saturated carbocycles. The van der Waals surface area contributed by atoms with E-state index in [4.69, 9.17) is 9.47 Å². The number of benzene rings is 2. The van der Waals surface area contributed by atoms with Gasteiger partial charge in [-0.15, -0.1) is 0 Å². The molecule has 0 aliphatic carbocycles. The van der Waals surface area contributed by atoms with Crippen LogP contribution in [0.25, 0.3) is 6.08 Å². The molecule has 0 bridgehead atoms. The number of ether oxygens (including phenoxy) is 2. The zero-order valence-corrected chi connectivity index (χ0v) is 14.5. The molecule has 0 radical (unpaired) electrons. The minimum Gasteiger partial charge on any atom is -0.487 e. The zero-order chi connectivity index (χ0) is 18.9. The third-order valence-corrected chi connectivity index (χ3v) is 3.73. The molecule has 136 valence electrons. The summed E-state index contributed by atoms with van der Waals surface area (Å²) in [6.07, 6.45) is 4.66. The molecular formula is C22H18FNO3. The van der Waals surface area contributed by atoms with Crippen molar-refractivity contribution in [2.45, 2.75) is 13.2 Å². The van der Waals surface area contributed by atoms with Crippen LogP contribution in [0.15, 0.2) is 79.0 Å². The second-order valence-corrected chi connectivity index (χ2v) is 5.71. The Balaban J connectivity index is 1.48. The van der Waals surface area contributed by atoms with Crippen LogP contribution in [-0.4, -0.2) is 11.0 Å². The van der Waals surface area contributed by atoms with Crippen molar-refractivity contribution in [3.63, 3.8) is 0 Å². The Bertz CT molecular complexity index is 908. The number of esters is 1. The lowest BCUT2D eigenvalue weighted by Crippen LogP contribution is -2.02. The first-order valence-electron chi connectivity index (χ1n) is 8.42. The van der Waals surface area contributed by atoms with Gasteiger partial charge in [-0.05, 0) is 42.0 Å². The predicted molar refractivity (Wildman–Crippen MR) is 100 cm³/mol. The Kier molecular flexibility index (Phi) is 6.30. The second-order valence-electron chi connectivity index (χ2n) is 5.71. The molecule has 0 aliphatic heterocycles.